The van der Waals surface area contributed by atoms with Gasteiger partial charge in [0.1, 0.15) is 18.2 Å². The number of rotatable bonds is 3. The molecule has 2 aliphatic rings. The highest BCUT2D eigenvalue weighted by Crippen LogP contribution is 2.42. The largest absolute Gasteiger partial charge is 0.478 e. The van der Waals surface area contributed by atoms with Gasteiger partial charge in [0.05, 0.1) is 11.1 Å². The minimum absolute atomic E-state index is 0.0792. The number of allylic oxidation sites excluding steroid dienone is 1. The van der Waals surface area contributed by atoms with E-state index in [1.54, 1.807) is 6.07 Å². The highest BCUT2D eigenvalue weighted by atomic mass is 16.5. The highest BCUT2D eigenvalue weighted by molar-refractivity contribution is 6.15. The van der Waals surface area contributed by atoms with Crippen LogP contribution in [0, 0.1) is 6.92 Å². The molecule has 0 saturated carbocycles. The molecule has 0 unspecified atom stereocenters. The van der Waals surface area contributed by atoms with Crippen molar-refractivity contribution in [1.29, 1.82) is 0 Å². The zero-order chi connectivity index (χ0) is 19.8. The highest BCUT2D eigenvalue weighted by Gasteiger charge is 2.33. The molecule has 4 heteroatoms. The molecule has 144 valence electrons. The minimum atomic E-state index is -0.0792. The summed E-state index contributed by atoms with van der Waals surface area (Å²) in [6.45, 7) is 4.01. The Morgan fingerprint density at radius 3 is 2.72 bits per heavy atom. The molecule has 3 aromatic rings. The molecule has 0 fully saturated rings. The lowest BCUT2D eigenvalue weighted by atomic mass is 10.0. The van der Waals surface area contributed by atoms with Gasteiger partial charge in [-0.15, -0.1) is 0 Å². The van der Waals surface area contributed by atoms with Crippen LogP contribution in [-0.2, 0) is 13.1 Å². The van der Waals surface area contributed by atoms with E-state index in [2.05, 4.69) is 17.0 Å². The van der Waals surface area contributed by atoms with Crippen molar-refractivity contribution in [2.75, 3.05) is 6.73 Å². The van der Waals surface area contributed by atoms with E-state index in [1.165, 1.54) is 5.56 Å². The third-order valence-corrected chi connectivity index (χ3v) is 5.27. The van der Waals surface area contributed by atoms with Crippen molar-refractivity contribution in [2.45, 2.75) is 20.0 Å². The van der Waals surface area contributed by atoms with E-state index in [9.17, 15) is 4.79 Å². The number of carbonyl (C=O) groups excluding carboxylic acids is 1. The number of benzene rings is 3. The zero-order valence-electron chi connectivity index (χ0n) is 16.2. The Bertz CT molecular complexity index is 1120. The summed E-state index contributed by atoms with van der Waals surface area (Å²) in [5.74, 6) is 1.70. The first-order chi connectivity index (χ1) is 14.2. The number of fused-ring (bicyclic) bond motifs is 3. The molecule has 0 atom stereocenters. The number of ketones is 1. The molecule has 2 aliphatic heterocycles. The van der Waals surface area contributed by atoms with Crippen LogP contribution < -0.4 is 9.47 Å². The second kappa shape index (κ2) is 7.22. The maximum atomic E-state index is 12.9. The average Bonchev–Trinajstić information content (AvgIpc) is 3.05. The van der Waals surface area contributed by atoms with Crippen LogP contribution >= 0.6 is 0 Å². The van der Waals surface area contributed by atoms with Crippen molar-refractivity contribution in [3.05, 3.63) is 100 Å². The predicted octanol–water partition coefficient (Wildman–Crippen LogP) is 4.96. The van der Waals surface area contributed by atoms with Crippen LogP contribution in [0.15, 0.2) is 72.5 Å². The van der Waals surface area contributed by atoms with Gasteiger partial charge >= 0.3 is 0 Å². The molecule has 0 amide bonds. The molecule has 0 aromatic heterocycles. The number of hydrogen-bond acceptors (Lipinski definition) is 4. The summed E-state index contributed by atoms with van der Waals surface area (Å²) in [6.07, 6.45) is 1.81. The van der Waals surface area contributed by atoms with Gasteiger partial charge in [-0.3, -0.25) is 9.69 Å². The van der Waals surface area contributed by atoms with Crippen molar-refractivity contribution < 1.29 is 14.3 Å². The standard InChI is InChI=1S/C25H21NO3/c1-17-6-5-9-19(12-17)13-23-24(27)20-10-11-22-21(25(20)29-23)15-26(16-28-22)14-18-7-3-2-4-8-18/h2-13H,14-16H2,1H3/b23-13-. The molecule has 2 heterocycles. The van der Waals surface area contributed by atoms with Crippen molar-refractivity contribution in [2.24, 2.45) is 0 Å². The lowest BCUT2D eigenvalue weighted by Crippen LogP contribution is -2.31. The fourth-order valence-electron chi connectivity index (χ4n) is 3.86. The summed E-state index contributed by atoms with van der Waals surface area (Å²) in [5, 5.41) is 0. The Hall–Kier alpha value is -3.37. The molecule has 0 saturated heterocycles. The molecule has 29 heavy (non-hydrogen) atoms. The summed E-state index contributed by atoms with van der Waals surface area (Å²) in [6, 6.07) is 22.0. The topological polar surface area (TPSA) is 38.8 Å². The summed E-state index contributed by atoms with van der Waals surface area (Å²) in [7, 11) is 0. The molecule has 4 nitrogen and oxygen atoms in total. The smallest absolute Gasteiger partial charge is 0.231 e. The average molecular weight is 383 g/mol. The van der Waals surface area contributed by atoms with Gasteiger partial charge in [0, 0.05) is 13.1 Å². The van der Waals surface area contributed by atoms with Crippen LogP contribution in [0.25, 0.3) is 6.08 Å². The minimum Gasteiger partial charge on any atom is -0.478 e. The Kier molecular flexibility index (Phi) is 4.41. The quantitative estimate of drug-likeness (QED) is 0.599. The Morgan fingerprint density at radius 2 is 1.90 bits per heavy atom. The number of Topliss-reactive ketones (excluding diaryl/α,β-unsaturated/α-hetero) is 1. The van der Waals surface area contributed by atoms with Gasteiger partial charge in [0.15, 0.2) is 5.76 Å². The number of nitrogens with zero attached hydrogens (tertiary/aromatic N) is 1. The molecular formula is C25H21NO3. The van der Waals surface area contributed by atoms with E-state index in [4.69, 9.17) is 9.47 Å². The van der Waals surface area contributed by atoms with Gasteiger partial charge in [-0.25, -0.2) is 0 Å². The monoisotopic (exact) mass is 383 g/mol. The summed E-state index contributed by atoms with van der Waals surface area (Å²) >= 11 is 0. The Morgan fingerprint density at radius 1 is 1.03 bits per heavy atom. The SMILES string of the molecule is Cc1cccc(/C=C2\Oc3c(ccc4c3CN(Cc3ccccc3)CO4)C2=O)c1. The number of aryl methyl sites for hydroxylation is 1. The van der Waals surface area contributed by atoms with Crippen LogP contribution in [0.4, 0.5) is 0 Å². The first-order valence-corrected chi connectivity index (χ1v) is 9.73. The van der Waals surface area contributed by atoms with Crippen molar-refractivity contribution in [1.82, 2.24) is 4.90 Å². The van der Waals surface area contributed by atoms with E-state index in [0.29, 0.717) is 30.3 Å². The molecule has 5 rings (SSSR count). The molecule has 0 N–H and O–H groups in total. The first kappa shape index (κ1) is 17.7. The van der Waals surface area contributed by atoms with E-state index in [1.807, 2.05) is 61.5 Å². The van der Waals surface area contributed by atoms with Crippen LogP contribution in [0.3, 0.4) is 0 Å². The lowest BCUT2D eigenvalue weighted by molar-refractivity contribution is 0.0873. The fourth-order valence-corrected chi connectivity index (χ4v) is 3.86. The van der Waals surface area contributed by atoms with Gasteiger partial charge < -0.3 is 9.47 Å². The van der Waals surface area contributed by atoms with Crippen molar-refractivity contribution >= 4 is 11.9 Å². The van der Waals surface area contributed by atoms with Gasteiger partial charge in [0.2, 0.25) is 5.78 Å². The molecule has 0 spiro atoms. The molecule has 3 aromatic carbocycles. The first-order valence-electron chi connectivity index (χ1n) is 9.73. The molecule has 0 aliphatic carbocycles. The maximum Gasteiger partial charge on any atom is 0.231 e. The maximum absolute atomic E-state index is 12.9. The number of hydrogen-bond donors (Lipinski definition) is 0. The fraction of sp³-hybridized carbons (Fsp3) is 0.160. The van der Waals surface area contributed by atoms with Gasteiger partial charge in [-0.2, -0.15) is 0 Å². The van der Waals surface area contributed by atoms with Crippen LogP contribution in [0.5, 0.6) is 11.5 Å². The summed E-state index contributed by atoms with van der Waals surface area (Å²) in [4.78, 5) is 15.1. The Labute approximate surface area is 170 Å². The number of carbonyl (C=O) groups is 1. The van der Waals surface area contributed by atoms with E-state index < -0.39 is 0 Å². The molecule has 0 bridgehead atoms. The third-order valence-electron chi connectivity index (χ3n) is 5.27. The van der Waals surface area contributed by atoms with E-state index in [0.717, 1.165) is 29.0 Å². The van der Waals surface area contributed by atoms with Crippen LogP contribution in [0.1, 0.15) is 32.6 Å². The predicted molar refractivity (Wildman–Crippen MR) is 112 cm³/mol. The second-order valence-electron chi connectivity index (χ2n) is 7.52. The van der Waals surface area contributed by atoms with Crippen molar-refractivity contribution in [3.63, 3.8) is 0 Å². The normalized spacial score (nSPS) is 16.9. The Balaban J connectivity index is 1.44. The zero-order valence-corrected chi connectivity index (χ0v) is 16.2. The van der Waals surface area contributed by atoms with Gasteiger partial charge in [-0.1, -0.05) is 60.2 Å². The van der Waals surface area contributed by atoms with Crippen molar-refractivity contribution in [3.8, 4) is 11.5 Å². The molecule has 0 radical (unpaired) electrons. The van der Waals surface area contributed by atoms with E-state index >= 15 is 0 Å². The van der Waals surface area contributed by atoms with Gasteiger partial charge in [0.25, 0.3) is 0 Å². The lowest BCUT2D eigenvalue weighted by Gasteiger charge is -2.29. The second-order valence-corrected chi connectivity index (χ2v) is 7.52. The number of ether oxygens (including phenoxy) is 2. The van der Waals surface area contributed by atoms with Crippen LogP contribution in [-0.4, -0.2) is 17.4 Å². The summed E-state index contributed by atoms with van der Waals surface area (Å²) in [5.41, 5.74) is 4.87. The van der Waals surface area contributed by atoms with E-state index in [-0.39, 0.29) is 5.78 Å². The van der Waals surface area contributed by atoms with Gasteiger partial charge in [-0.05, 0) is 36.3 Å². The molecular weight excluding hydrogens is 362 g/mol. The summed E-state index contributed by atoms with van der Waals surface area (Å²) < 4.78 is 12.0. The van der Waals surface area contributed by atoms with Crippen LogP contribution in [0.2, 0.25) is 0 Å². The third kappa shape index (κ3) is 3.43.